The summed E-state index contributed by atoms with van der Waals surface area (Å²) in [5.41, 5.74) is 1.09. The number of carbonyl (C=O) groups excluding carboxylic acids is 1. The third kappa shape index (κ3) is 2.17. The van der Waals surface area contributed by atoms with Gasteiger partial charge in [0, 0.05) is 5.69 Å². The van der Waals surface area contributed by atoms with Crippen LogP contribution in [-0.4, -0.2) is 16.3 Å². The number of aromatic nitrogens is 2. The highest BCUT2D eigenvalue weighted by Gasteiger charge is 2.08. The van der Waals surface area contributed by atoms with Crippen LogP contribution in [0.4, 0.5) is 11.5 Å². The monoisotopic (exact) mass is 233 g/mol. The first-order chi connectivity index (χ1) is 7.81. The smallest absolute Gasteiger partial charge is 0.156 e. The maximum absolute atomic E-state index is 10.8. The lowest BCUT2D eigenvalue weighted by Crippen LogP contribution is -2.00. The van der Waals surface area contributed by atoms with Gasteiger partial charge in [-0.2, -0.15) is 0 Å². The van der Waals surface area contributed by atoms with Gasteiger partial charge in [0.15, 0.2) is 6.29 Å². The maximum Gasteiger partial charge on any atom is 0.156 e. The largest absolute Gasteiger partial charge is 0.339 e. The lowest BCUT2D eigenvalue weighted by molar-refractivity contribution is 0.112. The molecule has 16 heavy (non-hydrogen) atoms. The highest BCUT2D eigenvalue weighted by molar-refractivity contribution is 6.32. The Morgan fingerprint density at radius 2 is 1.94 bits per heavy atom. The Labute approximate surface area is 97.3 Å². The Morgan fingerprint density at radius 1 is 1.19 bits per heavy atom. The van der Waals surface area contributed by atoms with E-state index < -0.39 is 0 Å². The number of aldehydes is 1. The van der Waals surface area contributed by atoms with Crippen molar-refractivity contribution in [2.75, 3.05) is 5.32 Å². The van der Waals surface area contributed by atoms with Crippen LogP contribution in [0.3, 0.4) is 0 Å². The second kappa shape index (κ2) is 4.72. The Bertz CT molecular complexity index is 502. The molecule has 0 aliphatic rings. The van der Waals surface area contributed by atoms with Crippen LogP contribution in [0.2, 0.25) is 5.15 Å². The number of carbonyl (C=O) groups is 1. The molecule has 80 valence electrons. The minimum atomic E-state index is 0.142. The minimum Gasteiger partial charge on any atom is -0.339 e. The predicted octanol–water partition coefficient (Wildman–Crippen LogP) is 2.69. The van der Waals surface area contributed by atoms with Crippen molar-refractivity contribution in [3.05, 3.63) is 47.4 Å². The van der Waals surface area contributed by atoms with Crippen molar-refractivity contribution in [2.45, 2.75) is 0 Å². The van der Waals surface area contributed by atoms with Gasteiger partial charge in [0.1, 0.15) is 17.3 Å². The summed E-state index contributed by atoms with van der Waals surface area (Å²) < 4.78 is 0. The zero-order valence-corrected chi connectivity index (χ0v) is 8.98. The number of nitrogens with zero attached hydrogens (tertiary/aromatic N) is 2. The number of rotatable bonds is 3. The quantitative estimate of drug-likeness (QED) is 0.654. The number of anilines is 2. The van der Waals surface area contributed by atoms with Crippen molar-refractivity contribution in [1.82, 2.24) is 9.97 Å². The van der Waals surface area contributed by atoms with Crippen LogP contribution < -0.4 is 5.32 Å². The zero-order chi connectivity index (χ0) is 11.4. The van der Waals surface area contributed by atoms with E-state index in [9.17, 15) is 4.79 Å². The van der Waals surface area contributed by atoms with Gasteiger partial charge in [0.25, 0.3) is 0 Å². The van der Waals surface area contributed by atoms with Crippen molar-refractivity contribution >= 4 is 29.4 Å². The van der Waals surface area contributed by atoms with Crippen LogP contribution in [0.15, 0.2) is 36.7 Å². The van der Waals surface area contributed by atoms with E-state index in [0.717, 1.165) is 5.69 Å². The van der Waals surface area contributed by atoms with Crippen molar-refractivity contribution in [1.29, 1.82) is 0 Å². The van der Waals surface area contributed by atoms with Crippen molar-refractivity contribution in [3.63, 3.8) is 0 Å². The van der Waals surface area contributed by atoms with Gasteiger partial charge < -0.3 is 5.32 Å². The van der Waals surface area contributed by atoms with Crippen LogP contribution in [0.1, 0.15) is 10.4 Å². The van der Waals surface area contributed by atoms with Crippen molar-refractivity contribution in [3.8, 4) is 0 Å². The van der Waals surface area contributed by atoms with E-state index in [-0.39, 0.29) is 10.7 Å². The van der Waals surface area contributed by atoms with Crippen LogP contribution in [0, 0.1) is 0 Å². The summed E-state index contributed by atoms with van der Waals surface area (Å²) in [5.74, 6) is 0.404. The molecule has 1 heterocycles. The lowest BCUT2D eigenvalue weighted by Gasteiger charge is -2.07. The summed E-state index contributed by atoms with van der Waals surface area (Å²) >= 11 is 5.77. The molecular formula is C11H8ClN3O. The molecule has 0 saturated heterocycles. The second-order valence-electron chi connectivity index (χ2n) is 3.04. The molecule has 1 aromatic heterocycles. The molecule has 4 nitrogen and oxygen atoms in total. The standard InChI is InChI=1S/C11H8ClN3O/c12-10-9(6-16)11(14-7-13-10)15-8-4-2-1-3-5-8/h1-7H,(H,13,14,15). The van der Waals surface area contributed by atoms with Gasteiger partial charge in [-0.15, -0.1) is 0 Å². The highest BCUT2D eigenvalue weighted by Crippen LogP contribution is 2.21. The summed E-state index contributed by atoms with van der Waals surface area (Å²) in [5, 5.41) is 3.14. The highest BCUT2D eigenvalue weighted by atomic mass is 35.5. The first kappa shape index (κ1) is 10.6. The van der Waals surface area contributed by atoms with Crippen molar-refractivity contribution < 1.29 is 4.79 Å². The summed E-state index contributed by atoms with van der Waals surface area (Å²) in [6, 6.07) is 9.39. The average Bonchev–Trinajstić information content (AvgIpc) is 2.31. The molecule has 0 amide bonds. The zero-order valence-electron chi connectivity index (χ0n) is 8.22. The average molecular weight is 234 g/mol. The maximum atomic E-state index is 10.8. The number of para-hydroxylation sites is 1. The summed E-state index contributed by atoms with van der Waals surface area (Å²) in [6.45, 7) is 0. The number of benzene rings is 1. The van der Waals surface area contributed by atoms with Gasteiger partial charge in [0.2, 0.25) is 0 Å². The topological polar surface area (TPSA) is 54.9 Å². The van der Waals surface area contributed by atoms with Gasteiger partial charge in [-0.3, -0.25) is 4.79 Å². The fourth-order valence-corrected chi connectivity index (χ4v) is 1.41. The predicted molar refractivity (Wildman–Crippen MR) is 62.2 cm³/mol. The Balaban J connectivity index is 2.35. The van der Waals surface area contributed by atoms with E-state index in [1.165, 1.54) is 6.33 Å². The summed E-state index contributed by atoms with van der Waals surface area (Å²) in [6.07, 6.45) is 1.94. The van der Waals surface area contributed by atoms with E-state index in [2.05, 4.69) is 15.3 Å². The normalized spacial score (nSPS) is 9.81. The van der Waals surface area contributed by atoms with Gasteiger partial charge in [-0.05, 0) is 12.1 Å². The molecule has 5 heteroatoms. The van der Waals surface area contributed by atoms with E-state index in [4.69, 9.17) is 11.6 Å². The Kier molecular flexibility index (Phi) is 3.12. The molecule has 0 fully saturated rings. The van der Waals surface area contributed by atoms with Crippen molar-refractivity contribution in [2.24, 2.45) is 0 Å². The number of hydrogen-bond acceptors (Lipinski definition) is 4. The molecule has 0 aliphatic heterocycles. The molecule has 1 N–H and O–H groups in total. The molecule has 0 bridgehead atoms. The molecule has 0 radical (unpaired) electrons. The molecule has 0 unspecified atom stereocenters. The lowest BCUT2D eigenvalue weighted by atomic mass is 10.3. The first-order valence-corrected chi connectivity index (χ1v) is 4.97. The third-order valence-electron chi connectivity index (χ3n) is 1.99. The van der Waals surface area contributed by atoms with E-state index in [1.807, 2.05) is 30.3 Å². The molecule has 2 aromatic rings. The Hall–Kier alpha value is -1.94. The van der Waals surface area contributed by atoms with Gasteiger partial charge in [0.05, 0.1) is 5.56 Å². The molecule has 2 rings (SSSR count). The number of hydrogen-bond donors (Lipinski definition) is 1. The molecule has 0 atom stereocenters. The van der Waals surface area contributed by atoms with E-state index in [0.29, 0.717) is 12.1 Å². The minimum absolute atomic E-state index is 0.142. The third-order valence-corrected chi connectivity index (χ3v) is 2.29. The first-order valence-electron chi connectivity index (χ1n) is 4.59. The van der Waals surface area contributed by atoms with Gasteiger partial charge >= 0.3 is 0 Å². The van der Waals surface area contributed by atoms with Crippen LogP contribution in [0.25, 0.3) is 0 Å². The SMILES string of the molecule is O=Cc1c(Cl)ncnc1Nc1ccccc1. The molecular weight excluding hydrogens is 226 g/mol. The van der Waals surface area contributed by atoms with E-state index >= 15 is 0 Å². The summed E-state index contributed by atoms with van der Waals surface area (Å²) in [7, 11) is 0. The van der Waals surface area contributed by atoms with Gasteiger partial charge in [-0.1, -0.05) is 29.8 Å². The van der Waals surface area contributed by atoms with Crippen LogP contribution >= 0.6 is 11.6 Å². The van der Waals surface area contributed by atoms with E-state index in [1.54, 1.807) is 0 Å². The molecule has 0 saturated carbocycles. The molecule has 0 aliphatic carbocycles. The van der Waals surface area contributed by atoms with Crippen LogP contribution in [-0.2, 0) is 0 Å². The fourth-order valence-electron chi connectivity index (χ4n) is 1.24. The fraction of sp³-hybridized carbons (Fsp3) is 0. The van der Waals surface area contributed by atoms with Gasteiger partial charge in [-0.25, -0.2) is 9.97 Å². The molecule has 1 aromatic carbocycles. The number of halogens is 1. The molecule has 0 spiro atoms. The number of nitrogens with one attached hydrogen (secondary N) is 1. The second-order valence-corrected chi connectivity index (χ2v) is 3.39. The van der Waals surface area contributed by atoms with Crippen LogP contribution in [0.5, 0.6) is 0 Å². The Morgan fingerprint density at radius 3 is 2.62 bits per heavy atom. The summed E-state index contributed by atoms with van der Waals surface area (Å²) in [4.78, 5) is 18.5.